The molecule has 0 radical (unpaired) electrons. The smallest absolute Gasteiger partial charge is 0.147 e. The molecule has 0 saturated heterocycles. The van der Waals surface area contributed by atoms with E-state index in [1.54, 1.807) is 17.7 Å². The number of nitrogens with one attached hydrogen (secondary N) is 1. The predicted molar refractivity (Wildman–Crippen MR) is 80.6 cm³/mol. The lowest BCUT2D eigenvalue weighted by atomic mass is 10.1. The van der Waals surface area contributed by atoms with Gasteiger partial charge in [0.25, 0.3) is 0 Å². The van der Waals surface area contributed by atoms with E-state index < -0.39 is 0 Å². The Morgan fingerprint density at radius 2 is 2.22 bits per heavy atom. The van der Waals surface area contributed by atoms with E-state index in [9.17, 15) is 0 Å². The number of fused-ring (bicyclic) bond motifs is 1. The highest BCUT2D eigenvalue weighted by molar-refractivity contribution is 8.00. The molecule has 1 fully saturated rings. The second-order valence-electron chi connectivity index (χ2n) is 4.81. The number of thioether (sulfide) groups is 1. The first-order valence-corrected chi connectivity index (χ1v) is 8.41. The van der Waals surface area contributed by atoms with Crippen molar-refractivity contribution in [3.63, 3.8) is 0 Å². The second-order valence-corrected chi connectivity index (χ2v) is 7.00. The van der Waals surface area contributed by atoms with Gasteiger partial charge in [-0.3, -0.25) is 0 Å². The van der Waals surface area contributed by atoms with Crippen LogP contribution in [-0.2, 0) is 0 Å². The Balaban J connectivity index is 1.78. The molecule has 0 aromatic carbocycles. The standard InChI is InChI=1S/C13H17N3S2/c1-17-13(5-2-3-6-13)8-14-12-11-10(4-7-18-11)15-9-16-12/h4,7,9H,2-3,5-6,8H2,1H3,(H,14,15,16). The van der Waals surface area contributed by atoms with Crippen molar-refractivity contribution in [1.29, 1.82) is 0 Å². The summed E-state index contributed by atoms with van der Waals surface area (Å²) in [6, 6.07) is 2.05. The average molecular weight is 279 g/mol. The van der Waals surface area contributed by atoms with Gasteiger partial charge in [0, 0.05) is 11.3 Å². The Kier molecular flexibility index (Phi) is 3.43. The summed E-state index contributed by atoms with van der Waals surface area (Å²) in [6.45, 7) is 1.01. The largest absolute Gasteiger partial charge is 0.367 e. The molecule has 1 aliphatic rings. The normalized spacial score (nSPS) is 18.3. The van der Waals surface area contributed by atoms with Crippen LogP contribution in [0.5, 0.6) is 0 Å². The first-order valence-electron chi connectivity index (χ1n) is 6.30. The van der Waals surface area contributed by atoms with Crippen molar-refractivity contribution < 1.29 is 0 Å². The molecule has 0 atom stereocenters. The van der Waals surface area contributed by atoms with Crippen LogP contribution in [-0.4, -0.2) is 27.5 Å². The van der Waals surface area contributed by atoms with Crippen molar-refractivity contribution in [2.75, 3.05) is 18.1 Å². The Bertz CT molecular complexity index is 532. The average Bonchev–Trinajstić information content (AvgIpc) is 3.06. The molecule has 96 valence electrons. The molecule has 1 aliphatic carbocycles. The Morgan fingerprint density at radius 3 is 3.00 bits per heavy atom. The molecular weight excluding hydrogens is 262 g/mol. The summed E-state index contributed by atoms with van der Waals surface area (Å²) in [5, 5.41) is 5.62. The van der Waals surface area contributed by atoms with Gasteiger partial charge in [-0.05, 0) is 30.5 Å². The third-order valence-corrected chi connectivity index (χ3v) is 6.10. The fourth-order valence-electron chi connectivity index (χ4n) is 2.63. The Labute approximate surface area is 115 Å². The quantitative estimate of drug-likeness (QED) is 0.924. The minimum absolute atomic E-state index is 0.411. The van der Waals surface area contributed by atoms with Crippen LogP contribution < -0.4 is 5.32 Å². The van der Waals surface area contributed by atoms with Gasteiger partial charge in [-0.2, -0.15) is 11.8 Å². The third kappa shape index (κ3) is 2.21. The molecule has 2 aromatic heterocycles. The number of anilines is 1. The molecule has 18 heavy (non-hydrogen) atoms. The maximum atomic E-state index is 4.38. The second kappa shape index (κ2) is 5.05. The van der Waals surface area contributed by atoms with E-state index in [4.69, 9.17) is 0 Å². The molecule has 0 spiro atoms. The third-order valence-electron chi connectivity index (χ3n) is 3.77. The molecule has 5 heteroatoms. The van der Waals surface area contributed by atoms with Crippen LogP contribution in [0.15, 0.2) is 17.8 Å². The van der Waals surface area contributed by atoms with E-state index in [-0.39, 0.29) is 0 Å². The fourth-order valence-corrected chi connectivity index (χ4v) is 4.36. The highest BCUT2D eigenvalue weighted by Crippen LogP contribution is 2.40. The van der Waals surface area contributed by atoms with Crippen molar-refractivity contribution in [2.45, 2.75) is 30.4 Å². The Hall–Kier alpha value is -0.810. The van der Waals surface area contributed by atoms with Gasteiger partial charge in [-0.25, -0.2) is 9.97 Å². The zero-order valence-electron chi connectivity index (χ0n) is 10.5. The first-order chi connectivity index (χ1) is 8.83. The molecule has 1 saturated carbocycles. The van der Waals surface area contributed by atoms with Gasteiger partial charge in [0.15, 0.2) is 0 Å². The Morgan fingerprint density at radius 1 is 1.39 bits per heavy atom. The molecular formula is C13H17N3S2. The summed E-state index contributed by atoms with van der Waals surface area (Å²) in [6.07, 6.45) is 9.24. The number of aromatic nitrogens is 2. The molecule has 0 amide bonds. The highest BCUT2D eigenvalue weighted by atomic mass is 32.2. The lowest BCUT2D eigenvalue weighted by Crippen LogP contribution is -2.30. The van der Waals surface area contributed by atoms with Gasteiger partial charge in [0.2, 0.25) is 0 Å². The summed E-state index contributed by atoms with van der Waals surface area (Å²) < 4.78 is 1.58. The van der Waals surface area contributed by atoms with Crippen LogP contribution in [0.1, 0.15) is 25.7 Å². The van der Waals surface area contributed by atoms with E-state index in [1.165, 1.54) is 30.4 Å². The number of hydrogen-bond donors (Lipinski definition) is 1. The van der Waals surface area contributed by atoms with Gasteiger partial charge in [0.05, 0.1) is 10.2 Å². The lowest BCUT2D eigenvalue weighted by Gasteiger charge is -2.27. The molecule has 3 rings (SSSR count). The summed E-state index contributed by atoms with van der Waals surface area (Å²) in [5.41, 5.74) is 1.04. The first kappa shape index (κ1) is 12.2. The number of rotatable bonds is 4. The molecule has 2 aromatic rings. The SMILES string of the molecule is CSC1(CNc2ncnc3ccsc23)CCCC1. The highest BCUT2D eigenvalue weighted by Gasteiger charge is 2.32. The van der Waals surface area contributed by atoms with Gasteiger partial charge in [0.1, 0.15) is 12.1 Å². The van der Waals surface area contributed by atoms with Crippen LogP contribution in [0.2, 0.25) is 0 Å². The lowest BCUT2D eigenvalue weighted by molar-refractivity contribution is 0.639. The molecule has 0 aliphatic heterocycles. The van der Waals surface area contributed by atoms with Crippen molar-refractivity contribution in [1.82, 2.24) is 9.97 Å². The van der Waals surface area contributed by atoms with Crippen molar-refractivity contribution in [2.24, 2.45) is 0 Å². The predicted octanol–water partition coefficient (Wildman–Crippen LogP) is 3.78. The van der Waals surface area contributed by atoms with E-state index in [1.807, 2.05) is 17.8 Å². The minimum atomic E-state index is 0.411. The van der Waals surface area contributed by atoms with E-state index in [0.717, 1.165) is 17.9 Å². The zero-order chi connectivity index (χ0) is 12.4. The van der Waals surface area contributed by atoms with E-state index in [2.05, 4.69) is 26.9 Å². The van der Waals surface area contributed by atoms with Gasteiger partial charge in [-0.1, -0.05) is 12.8 Å². The summed E-state index contributed by atoms with van der Waals surface area (Å²) in [7, 11) is 0. The minimum Gasteiger partial charge on any atom is -0.367 e. The topological polar surface area (TPSA) is 37.8 Å². The summed E-state index contributed by atoms with van der Waals surface area (Å²) in [4.78, 5) is 8.66. The van der Waals surface area contributed by atoms with Crippen molar-refractivity contribution in [3.05, 3.63) is 17.8 Å². The molecule has 2 heterocycles. The number of hydrogen-bond acceptors (Lipinski definition) is 5. The number of thiophene rings is 1. The fraction of sp³-hybridized carbons (Fsp3) is 0.538. The number of nitrogens with zero attached hydrogens (tertiary/aromatic N) is 2. The van der Waals surface area contributed by atoms with E-state index in [0.29, 0.717) is 4.75 Å². The van der Waals surface area contributed by atoms with Crippen molar-refractivity contribution in [3.8, 4) is 0 Å². The monoisotopic (exact) mass is 279 g/mol. The molecule has 0 bridgehead atoms. The summed E-state index contributed by atoms with van der Waals surface area (Å²) in [5.74, 6) is 0.996. The van der Waals surface area contributed by atoms with Crippen LogP contribution in [0, 0.1) is 0 Å². The zero-order valence-corrected chi connectivity index (χ0v) is 12.1. The van der Waals surface area contributed by atoms with Crippen LogP contribution in [0.4, 0.5) is 5.82 Å². The summed E-state index contributed by atoms with van der Waals surface area (Å²) >= 11 is 3.71. The molecule has 3 nitrogen and oxygen atoms in total. The molecule has 1 N–H and O–H groups in total. The maximum absolute atomic E-state index is 4.38. The van der Waals surface area contributed by atoms with Gasteiger partial charge < -0.3 is 5.32 Å². The van der Waals surface area contributed by atoms with Gasteiger partial charge in [-0.15, -0.1) is 11.3 Å². The van der Waals surface area contributed by atoms with Gasteiger partial charge >= 0.3 is 0 Å². The van der Waals surface area contributed by atoms with E-state index >= 15 is 0 Å². The molecule has 0 unspecified atom stereocenters. The van der Waals surface area contributed by atoms with Crippen LogP contribution in [0.25, 0.3) is 10.2 Å². The van der Waals surface area contributed by atoms with Crippen LogP contribution in [0.3, 0.4) is 0 Å². The maximum Gasteiger partial charge on any atom is 0.147 e. The van der Waals surface area contributed by atoms with Crippen LogP contribution >= 0.6 is 23.1 Å². The van der Waals surface area contributed by atoms with Crippen molar-refractivity contribution >= 4 is 39.1 Å².